The first kappa shape index (κ1) is 22.2. The van der Waals surface area contributed by atoms with Gasteiger partial charge in [-0.05, 0) is 48.5 Å². The lowest BCUT2D eigenvalue weighted by Gasteiger charge is -2.22. The molecule has 9 nitrogen and oxygen atoms in total. The van der Waals surface area contributed by atoms with Crippen molar-refractivity contribution in [2.45, 2.75) is 4.90 Å². The van der Waals surface area contributed by atoms with Crippen molar-refractivity contribution in [3.63, 3.8) is 0 Å². The molecule has 0 saturated heterocycles. The number of hydrogen-bond donors (Lipinski definition) is 1. The molecule has 170 valence electrons. The van der Waals surface area contributed by atoms with E-state index in [4.69, 9.17) is 9.15 Å². The molecular formula is C23H21N3O6S. The molecule has 1 heterocycles. The summed E-state index contributed by atoms with van der Waals surface area (Å²) in [5, 5.41) is 2.76. The number of carbonyl (C=O) groups is 1. The zero-order valence-electron chi connectivity index (χ0n) is 18.1. The van der Waals surface area contributed by atoms with Gasteiger partial charge in [0.15, 0.2) is 5.58 Å². The van der Waals surface area contributed by atoms with Crippen LogP contribution in [0.2, 0.25) is 0 Å². The van der Waals surface area contributed by atoms with Crippen LogP contribution in [0.3, 0.4) is 0 Å². The highest BCUT2D eigenvalue weighted by Crippen LogP contribution is 2.28. The Morgan fingerprint density at radius 3 is 2.45 bits per heavy atom. The van der Waals surface area contributed by atoms with E-state index in [9.17, 15) is 18.0 Å². The monoisotopic (exact) mass is 467 g/mol. The van der Waals surface area contributed by atoms with Gasteiger partial charge in [-0.3, -0.25) is 13.7 Å². The van der Waals surface area contributed by atoms with Crippen LogP contribution in [0.25, 0.3) is 11.1 Å². The lowest BCUT2D eigenvalue weighted by atomic mass is 10.1. The average molecular weight is 468 g/mol. The number of aryl methyl sites for hydroxylation is 1. The van der Waals surface area contributed by atoms with Crippen molar-refractivity contribution in [1.82, 2.24) is 4.57 Å². The number of benzene rings is 3. The Labute approximate surface area is 189 Å². The Balaban J connectivity index is 1.67. The summed E-state index contributed by atoms with van der Waals surface area (Å²) in [4.78, 5) is 24.6. The highest BCUT2D eigenvalue weighted by atomic mass is 32.2. The van der Waals surface area contributed by atoms with Crippen molar-refractivity contribution < 1.29 is 22.4 Å². The number of hydrogen-bond acceptors (Lipinski definition) is 6. The smallest absolute Gasteiger partial charge is 0.419 e. The van der Waals surface area contributed by atoms with Gasteiger partial charge in [0.1, 0.15) is 5.75 Å². The molecule has 3 aromatic carbocycles. The van der Waals surface area contributed by atoms with Crippen molar-refractivity contribution in [2.24, 2.45) is 7.05 Å². The van der Waals surface area contributed by atoms with Crippen LogP contribution < -0.4 is 20.1 Å². The fourth-order valence-corrected chi connectivity index (χ4v) is 4.61. The number of nitrogens with zero attached hydrogens (tertiary/aromatic N) is 2. The topological polar surface area (TPSA) is 111 Å². The summed E-state index contributed by atoms with van der Waals surface area (Å²) < 4.78 is 39.2. The summed E-state index contributed by atoms with van der Waals surface area (Å²) >= 11 is 0. The standard InChI is InChI=1S/C23H21N3O6S/c1-25-20-13-12-17(14-21(20)32-23(25)28)33(29,30)26(2)19-7-5-4-6-18(19)22(27)24-15-8-10-16(31-3)11-9-15/h4-14H,1-3H3,(H,24,27). The SMILES string of the molecule is COc1ccc(NC(=O)c2ccccc2N(C)S(=O)(=O)c2ccc3c(c2)oc(=O)n3C)cc1. The van der Waals surface area contributed by atoms with Crippen molar-refractivity contribution in [1.29, 1.82) is 0 Å². The van der Waals surface area contributed by atoms with Crippen LogP contribution in [-0.4, -0.2) is 33.0 Å². The number of amides is 1. The predicted octanol–water partition coefficient (Wildman–Crippen LogP) is 3.22. The van der Waals surface area contributed by atoms with Gasteiger partial charge in [-0.25, -0.2) is 13.2 Å². The first-order valence-electron chi connectivity index (χ1n) is 9.85. The minimum absolute atomic E-state index is 0.0720. The van der Waals surface area contributed by atoms with E-state index < -0.39 is 21.7 Å². The Hall–Kier alpha value is -4.05. The maximum absolute atomic E-state index is 13.3. The number of para-hydroxylation sites is 1. The van der Waals surface area contributed by atoms with Gasteiger partial charge in [0.25, 0.3) is 15.9 Å². The number of oxazole rings is 1. The quantitative estimate of drug-likeness (QED) is 0.466. The van der Waals surface area contributed by atoms with E-state index in [1.54, 1.807) is 55.6 Å². The second kappa shape index (κ2) is 8.47. The van der Waals surface area contributed by atoms with E-state index in [1.807, 2.05) is 0 Å². The third-order valence-electron chi connectivity index (χ3n) is 5.26. The minimum Gasteiger partial charge on any atom is -0.497 e. The van der Waals surface area contributed by atoms with E-state index in [2.05, 4.69) is 5.32 Å². The first-order valence-corrected chi connectivity index (χ1v) is 11.3. The zero-order chi connectivity index (χ0) is 23.8. The molecular weight excluding hydrogens is 446 g/mol. The molecule has 0 fully saturated rings. The van der Waals surface area contributed by atoms with Crippen LogP contribution in [-0.2, 0) is 17.1 Å². The number of methoxy groups -OCH3 is 1. The number of anilines is 2. The molecule has 0 bridgehead atoms. The summed E-state index contributed by atoms with van der Waals surface area (Å²) in [6.07, 6.45) is 0. The largest absolute Gasteiger partial charge is 0.497 e. The van der Waals surface area contributed by atoms with E-state index in [0.29, 0.717) is 17.0 Å². The average Bonchev–Trinajstić information content (AvgIpc) is 3.11. The van der Waals surface area contributed by atoms with E-state index in [0.717, 1.165) is 4.31 Å². The minimum atomic E-state index is -4.06. The van der Waals surface area contributed by atoms with Crippen LogP contribution in [0.4, 0.5) is 11.4 Å². The number of carbonyl (C=O) groups excluding carboxylic acids is 1. The molecule has 0 saturated carbocycles. The molecule has 0 radical (unpaired) electrons. The Morgan fingerprint density at radius 2 is 1.76 bits per heavy atom. The van der Waals surface area contributed by atoms with Crippen molar-refractivity contribution in [3.8, 4) is 5.75 Å². The number of nitrogens with one attached hydrogen (secondary N) is 1. The molecule has 1 amide bonds. The van der Waals surface area contributed by atoms with Crippen LogP contribution in [0, 0.1) is 0 Å². The van der Waals surface area contributed by atoms with Crippen LogP contribution >= 0.6 is 0 Å². The van der Waals surface area contributed by atoms with E-state index in [-0.39, 0.29) is 21.7 Å². The molecule has 0 aliphatic rings. The van der Waals surface area contributed by atoms with Crippen molar-refractivity contribution in [3.05, 3.63) is 82.8 Å². The third-order valence-corrected chi connectivity index (χ3v) is 7.03. The summed E-state index contributed by atoms with van der Waals surface area (Å²) in [5.74, 6) is -0.416. The van der Waals surface area contributed by atoms with Gasteiger partial charge in [0.2, 0.25) is 0 Å². The van der Waals surface area contributed by atoms with Gasteiger partial charge in [0, 0.05) is 25.8 Å². The van der Waals surface area contributed by atoms with Gasteiger partial charge in [0.05, 0.1) is 28.8 Å². The Morgan fingerprint density at radius 1 is 1.06 bits per heavy atom. The van der Waals surface area contributed by atoms with Gasteiger partial charge in [-0.2, -0.15) is 0 Å². The molecule has 0 aliphatic carbocycles. The summed E-state index contributed by atoms with van der Waals surface area (Å²) in [6.45, 7) is 0. The van der Waals surface area contributed by atoms with Crippen molar-refractivity contribution >= 4 is 38.4 Å². The number of aromatic nitrogens is 1. The van der Waals surface area contributed by atoms with Gasteiger partial charge in [-0.15, -0.1) is 0 Å². The fourth-order valence-electron chi connectivity index (χ4n) is 3.38. The van der Waals surface area contributed by atoms with Crippen LogP contribution in [0.1, 0.15) is 10.4 Å². The number of fused-ring (bicyclic) bond motifs is 1. The Kier molecular flexibility index (Phi) is 5.69. The van der Waals surface area contributed by atoms with Crippen LogP contribution in [0.15, 0.2) is 80.8 Å². The van der Waals surface area contributed by atoms with E-state index in [1.165, 1.54) is 36.9 Å². The molecule has 0 aliphatic heterocycles. The van der Waals surface area contributed by atoms with Gasteiger partial charge < -0.3 is 14.5 Å². The first-order chi connectivity index (χ1) is 15.7. The lowest BCUT2D eigenvalue weighted by Crippen LogP contribution is -2.29. The molecule has 0 spiro atoms. The number of ether oxygens (including phenoxy) is 1. The molecule has 33 heavy (non-hydrogen) atoms. The second-order valence-electron chi connectivity index (χ2n) is 7.23. The molecule has 4 rings (SSSR count). The van der Waals surface area contributed by atoms with Gasteiger partial charge >= 0.3 is 5.76 Å². The highest BCUT2D eigenvalue weighted by Gasteiger charge is 2.26. The van der Waals surface area contributed by atoms with E-state index >= 15 is 0 Å². The lowest BCUT2D eigenvalue weighted by molar-refractivity contribution is 0.102. The third kappa shape index (κ3) is 4.08. The van der Waals surface area contributed by atoms with Gasteiger partial charge in [-0.1, -0.05) is 12.1 Å². The molecule has 4 aromatic rings. The fraction of sp³-hybridized carbons (Fsp3) is 0.130. The maximum Gasteiger partial charge on any atom is 0.419 e. The predicted molar refractivity (Wildman–Crippen MR) is 124 cm³/mol. The summed E-state index contributed by atoms with van der Waals surface area (Å²) in [5.41, 5.74) is 1.53. The summed E-state index contributed by atoms with van der Waals surface area (Å²) in [6, 6.07) is 17.3. The summed E-state index contributed by atoms with van der Waals surface area (Å²) in [7, 11) is 0.381. The normalized spacial score (nSPS) is 11.4. The number of rotatable bonds is 6. The molecule has 0 atom stereocenters. The molecule has 0 unspecified atom stereocenters. The highest BCUT2D eigenvalue weighted by molar-refractivity contribution is 7.92. The second-order valence-corrected chi connectivity index (χ2v) is 9.20. The number of sulfonamides is 1. The van der Waals surface area contributed by atoms with Crippen molar-refractivity contribution in [2.75, 3.05) is 23.8 Å². The molecule has 1 N–H and O–H groups in total. The maximum atomic E-state index is 13.3. The molecule has 1 aromatic heterocycles. The van der Waals surface area contributed by atoms with Crippen LogP contribution in [0.5, 0.6) is 5.75 Å². The zero-order valence-corrected chi connectivity index (χ0v) is 18.9. The Bertz CT molecular complexity index is 1500. The molecule has 10 heteroatoms.